The molecule has 1 amide bonds. The summed E-state index contributed by atoms with van der Waals surface area (Å²) in [6.45, 7) is 8.65. The number of amides is 1. The normalized spacial score (nSPS) is 17.1. The molecule has 0 radical (unpaired) electrons. The van der Waals surface area contributed by atoms with Crippen molar-refractivity contribution >= 4 is 5.91 Å². The van der Waals surface area contributed by atoms with Crippen molar-refractivity contribution in [3.63, 3.8) is 0 Å². The summed E-state index contributed by atoms with van der Waals surface area (Å²) in [5.41, 5.74) is 3.06. The molecule has 28 heavy (non-hydrogen) atoms. The highest BCUT2D eigenvalue weighted by atomic mass is 19.1. The number of hydrogen-bond donors (Lipinski definition) is 1. The Balaban J connectivity index is 1.49. The third-order valence-corrected chi connectivity index (χ3v) is 5.49. The molecule has 0 aromatic heterocycles. The van der Waals surface area contributed by atoms with Gasteiger partial charge in [-0.1, -0.05) is 48.0 Å². The molecule has 1 fully saturated rings. The fraction of sp³-hybridized carbons (Fsp3) is 0.435. The summed E-state index contributed by atoms with van der Waals surface area (Å²) in [5, 5.41) is 3.05. The second-order valence-corrected chi connectivity index (χ2v) is 7.64. The van der Waals surface area contributed by atoms with Crippen LogP contribution in [0.1, 0.15) is 30.0 Å². The van der Waals surface area contributed by atoms with Crippen LogP contribution >= 0.6 is 0 Å². The van der Waals surface area contributed by atoms with Crippen molar-refractivity contribution in [3.05, 3.63) is 71.0 Å². The summed E-state index contributed by atoms with van der Waals surface area (Å²) in [6, 6.07) is 15.0. The lowest BCUT2D eigenvalue weighted by Gasteiger charge is -2.27. The second kappa shape index (κ2) is 9.80. The van der Waals surface area contributed by atoms with E-state index in [4.69, 9.17) is 0 Å². The number of carbonyl (C=O) groups is 1. The van der Waals surface area contributed by atoms with Crippen molar-refractivity contribution in [1.82, 2.24) is 15.1 Å². The number of aryl methyl sites for hydroxylation is 1. The average Bonchev–Trinajstić information content (AvgIpc) is 2.94. The van der Waals surface area contributed by atoms with Crippen LogP contribution in [0.2, 0.25) is 0 Å². The Morgan fingerprint density at radius 2 is 1.82 bits per heavy atom. The van der Waals surface area contributed by atoms with Gasteiger partial charge < -0.3 is 5.32 Å². The van der Waals surface area contributed by atoms with Crippen molar-refractivity contribution in [2.24, 2.45) is 0 Å². The van der Waals surface area contributed by atoms with Gasteiger partial charge in [-0.3, -0.25) is 14.6 Å². The first-order valence-electron chi connectivity index (χ1n) is 10.1. The maximum Gasteiger partial charge on any atom is 0.237 e. The van der Waals surface area contributed by atoms with E-state index in [2.05, 4.69) is 34.2 Å². The molecule has 2 aromatic rings. The molecule has 3 rings (SSSR count). The van der Waals surface area contributed by atoms with E-state index in [9.17, 15) is 9.18 Å². The maximum atomic E-state index is 13.9. The van der Waals surface area contributed by atoms with Crippen LogP contribution in [0.3, 0.4) is 0 Å². The Kier molecular flexibility index (Phi) is 7.18. The molecule has 2 aromatic carbocycles. The predicted octanol–water partition coefficient (Wildman–Crippen LogP) is 3.35. The fourth-order valence-corrected chi connectivity index (χ4v) is 3.61. The number of benzene rings is 2. The quantitative estimate of drug-likeness (QED) is 0.831. The first kappa shape index (κ1) is 20.5. The number of halogens is 1. The van der Waals surface area contributed by atoms with Gasteiger partial charge in [0.2, 0.25) is 5.91 Å². The SMILES string of the molecule is Cc1ccc(CNC(=O)C(C)N2CCCN(Cc3ccccc3F)CC2)cc1. The van der Waals surface area contributed by atoms with E-state index in [1.807, 2.05) is 31.2 Å². The minimum atomic E-state index is -0.168. The largest absolute Gasteiger partial charge is 0.351 e. The molecular formula is C23H30FN3O. The van der Waals surface area contributed by atoms with Crippen LogP contribution in [0.25, 0.3) is 0 Å². The van der Waals surface area contributed by atoms with Crippen molar-refractivity contribution in [3.8, 4) is 0 Å². The molecule has 0 aliphatic carbocycles. The smallest absolute Gasteiger partial charge is 0.237 e. The molecule has 5 heteroatoms. The van der Waals surface area contributed by atoms with E-state index >= 15 is 0 Å². The van der Waals surface area contributed by atoms with Crippen LogP contribution < -0.4 is 5.32 Å². The number of nitrogens with zero attached hydrogens (tertiary/aromatic N) is 2. The molecule has 1 aliphatic rings. The van der Waals surface area contributed by atoms with Gasteiger partial charge in [-0.15, -0.1) is 0 Å². The second-order valence-electron chi connectivity index (χ2n) is 7.64. The number of hydrogen-bond acceptors (Lipinski definition) is 3. The molecule has 0 spiro atoms. The van der Waals surface area contributed by atoms with Gasteiger partial charge in [0, 0.05) is 38.3 Å². The van der Waals surface area contributed by atoms with Gasteiger partial charge in [-0.05, 0) is 38.4 Å². The van der Waals surface area contributed by atoms with Gasteiger partial charge in [-0.2, -0.15) is 0 Å². The van der Waals surface area contributed by atoms with Gasteiger partial charge in [0.25, 0.3) is 0 Å². The van der Waals surface area contributed by atoms with E-state index in [1.54, 1.807) is 6.07 Å². The lowest BCUT2D eigenvalue weighted by Crippen LogP contribution is -2.46. The average molecular weight is 384 g/mol. The Labute approximate surface area is 167 Å². The van der Waals surface area contributed by atoms with E-state index < -0.39 is 0 Å². The zero-order valence-electron chi connectivity index (χ0n) is 16.8. The highest BCUT2D eigenvalue weighted by Gasteiger charge is 2.24. The topological polar surface area (TPSA) is 35.6 Å². The van der Waals surface area contributed by atoms with Crippen molar-refractivity contribution in [1.29, 1.82) is 0 Å². The van der Waals surface area contributed by atoms with Crippen LogP contribution in [-0.2, 0) is 17.9 Å². The molecule has 0 bridgehead atoms. The lowest BCUT2D eigenvalue weighted by molar-refractivity contribution is -0.126. The third-order valence-electron chi connectivity index (χ3n) is 5.49. The Morgan fingerprint density at radius 1 is 1.07 bits per heavy atom. The minimum absolute atomic E-state index is 0.0585. The molecule has 150 valence electrons. The lowest BCUT2D eigenvalue weighted by atomic mass is 10.1. The highest BCUT2D eigenvalue weighted by molar-refractivity contribution is 5.81. The monoisotopic (exact) mass is 383 g/mol. The Morgan fingerprint density at radius 3 is 2.57 bits per heavy atom. The molecule has 1 N–H and O–H groups in total. The Bertz CT molecular complexity index is 778. The summed E-state index contributed by atoms with van der Waals surface area (Å²) in [5.74, 6) is -0.0874. The Hall–Kier alpha value is -2.24. The molecule has 1 atom stereocenters. The van der Waals surface area contributed by atoms with Crippen LogP contribution in [0, 0.1) is 12.7 Å². The van der Waals surface area contributed by atoms with E-state index in [-0.39, 0.29) is 17.8 Å². The van der Waals surface area contributed by atoms with Crippen molar-refractivity contribution < 1.29 is 9.18 Å². The van der Waals surface area contributed by atoms with Crippen LogP contribution in [0.5, 0.6) is 0 Å². The summed E-state index contributed by atoms with van der Waals surface area (Å²) in [7, 11) is 0. The van der Waals surface area contributed by atoms with Crippen LogP contribution in [0.15, 0.2) is 48.5 Å². The molecule has 4 nitrogen and oxygen atoms in total. The zero-order chi connectivity index (χ0) is 19.9. The van der Waals surface area contributed by atoms with Gasteiger partial charge >= 0.3 is 0 Å². The summed E-state index contributed by atoms with van der Waals surface area (Å²) >= 11 is 0. The number of nitrogens with one attached hydrogen (secondary N) is 1. The van der Waals surface area contributed by atoms with Crippen LogP contribution in [0.4, 0.5) is 4.39 Å². The molecule has 1 unspecified atom stereocenters. The van der Waals surface area contributed by atoms with Crippen molar-refractivity contribution in [2.75, 3.05) is 26.2 Å². The zero-order valence-corrected chi connectivity index (χ0v) is 16.8. The summed E-state index contributed by atoms with van der Waals surface area (Å²) in [4.78, 5) is 17.1. The molecule has 1 saturated heterocycles. The molecule has 1 aliphatic heterocycles. The summed E-state index contributed by atoms with van der Waals surface area (Å²) < 4.78 is 13.9. The molecule has 1 heterocycles. The van der Waals surface area contributed by atoms with Crippen molar-refractivity contribution in [2.45, 2.75) is 39.4 Å². The van der Waals surface area contributed by atoms with E-state index in [0.717, 1.165) is 43.7 Å². The number of carbonyl (C=O) groups excluding carboxylic acids is 1. The van der Waals surface area contributed by atoms with Gasteiger partial charge in [0.15, 0.2) is 0 Å². The fourth-order valence-electron chi connectivity index (χ4n) is 3.61. The highest BCUT2D eigenvalue weighted by Crippen LogP contribution is 2.14. The van der Waals surface area contributed by atoms with Crippen LogP contribution in [-0.4, -0.2) is 47.9 Å². The maximum absolute atomic E-state index is 13.9. The standard InChI is InChI=1S/C23H30FN3O/c1-18-8-10-20(11-9-18)16-25-23(28)19(2)27-13-5-12-26(14-15-27)17-21-6-3-4-7-22(21)24/h3-4,6-11,19H,5,12-17H2,1-2H3,(H,25,28). The predicted molar refractivity (Wildman–Crippen MR) is 110 cm³/mol. The van der Waals surface area contributed by atoms with Gasteiger partial charge in [-0.25, -0.2) is 4.39 Å². The van der Waals surface area contributed by atoms with E-state index in [0.29, 0.717) is 13.1 Å². The first-order valence-corrected chi connectivity index (χ1v) is 10.1. The molecular weight excluding hydrogens is 353 g/mol. The summed E-state index contributed by atoms with van der Waals surface area (Å²) in [6.07, 6.45) is 0.976. The number of rotatable bonds is 6. The van der Waals surface area contributed by atoms with E-state index in [1.165, 1.54) is 11.6 Å². The minimum Gasteiger partial charge on any atom is -0.351 e. The van der Waals surface area contributed by atoms with Gasteiger partial charge in [0.05, 0.1) is 6.04 Å². The third kappa shape index (κ3) is 5.63. The van der Waals surface area contributed by atoms with Gasteiger partial charge in [0.1, 0.15) is 5.82 Å². The molecule has 0 saturated carbocycles. The first-order chi connectivity index (χ1) is 13.5.